The highest BCUT2D eigenvalue weighted by Gasteiger charge is 2.43. The molecule has 0 heterocycles. The molecular formula is C21H27ClN2O2. The minimum Gasteiger partial charge on any atom is -0.489 e. The Labute approximate surface area is 161 Å². The lowest BCUT2D eigenvalue weighted by Crippen LogP contribution is -2.32. The van der Waals surface area contributed by atoms with E-state index in [1.165, 1.54) is 5.56 Å². The number of nitrogens with one attached hydrogen (secondary N) is 2. The Morgan fingerprint density at radius 2 is 1.81 bits per heavy atom. The van der Waals surface area contributed by atoms with Gasteiger partial charge in [0.2, 0.25) is 5.91 Å². The predicted molar refractivity (Wildman–Crippen MR) is 107 cm³/mol. The lowest BCUT2D eigenvalue weighted by Gasteiger charge is -2.08. The van der Waals surface area contributed by atoms with Crippen molar-refractivity contribution < 1.29 is 9.53 Å². The number of hydrogen-bond donors (Lipinski definition) is 2. The van der Waals surface area contributed by atoms with Crippen LogP contribution in [0.1, 0.15) is 30.4 Å². The van der Waals surface area contributed by atoms with Gasteiger partial charge in [0, 0.05) is 19.0 Å². The Morgan fingerprint density at radius 3 is 2.50 bits per heavy atom. The van der Waals surface area contributed by atoms with Crippen LogP contribution < -0.4 is 15.4 Å². The van der Waals surface area contributed by atoms with Crippen LogP contribution in [0.2, 0.25) is 0 Å². The molecule has 0 aliphatic heterocycles. The van der Waals surface area contributed by atoms with E-state index in [4.69, 9.17) is 4.74 Å². The molecule has 1 aliphatic rings. The first-order chi connectivity index (χ1) is 12.3. The van der Waals surface area contributed by atoms with E-state index in [1.54, 1.807) is 0 Å². The van der Waals surface area contributed by atoms with E-state index in [9.17, 15) is 4.79 Å². The number of carbonyl (C=O) groups is 1. The molecule has 0 spiro atoms. The van der Waals surface area contributed by atoms with Crippen molar-refractivity contribution in [1.82, 2.24) is 10.6 Å². The van der Waals surface area contributed by atoms with Crippen molar-refractivity contribution in [1.29, 1.82) is 0 Å². The average molecular weight is 375 g/mol. The van der Waals surface area contributed by atoms with Crippen LogP contribution in [0.5, 0.6) is 5.75 Å². The van der Waals surface area contributed by atoms with Crippen molar-refractivity contribution in [3.63, 3.8) is 0 Å². The van der Waals surface area contributed by atoms with E-state index in [0.717, 1.165) is 30.8 Å². The Balaban J connectivity index is 0.00000243. The van der Waals surface area contributed by atoms with Crippen molar-refractivity contribution in [3.05, 3.63) is 65.7 Å². The van der Waals surface area contributed by atoms with E-state index in [2.05, 4.69) is 41.8 Å². The Hall–Kier alpha value is -2.04. The SMILES string of the molecule is CCNCCNC(=O)C1CC1c1ccc(OCc2ccccc2)cc1.Cl. The van der Waals surface area contributed by atoms with Crippen molar-refractivity contribution >= 4 is 18.3 Å². The van der Waals surface area contributed by atoms with E-state index in [0.29, 0.717) is 19.1 Å². The lowest BCUT2D eigenvalue weighted by atomic mass is 10.1. The van der Waals surface area contributed by atoms with Crippen LogP contribution in [0.4, 0.5) is 0 Å². The van der Waals surface area contributed by atoms with Gasteiger partial charge in [-0.05, 0) is 42.1 Å². The van der Waals surface area contributed by atoms with Crippen LogP contribution in [-0.4, -0.2) is 25.5 Å². The van der Waals surface area contributed by atoms with Crippen LogP contribution in [0.25, 0.3) is 0 Å². The fraction of sp³-hybridized carbons (Fsp3) is 0.381. The highest BCUT2D eigenvalue weighted by atomic mass is 35.5. The third kappa shape index (κ3) is 5.75. The smallest absolute Gasteiger partial charge is 0.223 e. The molecule has 2 atom stereocenters. The van der Waals surface area contributed by atoms with E-state index >= 15 is 0 Å². The molecule has 2 unspecified atom stereocenters. The predicted octanol–water partition coefficient (Wildman–Crippen LogP) is 3.52. The first kappa shape index (κ1) is 20.3. The summed E-state index contributed by atoms with van der Waals surface area (Å²) < 4.78 is 5.81. The first-order valence-electron chi connectivity index (χ1n) is 9.03. The molecule has 3 rings (SSSR count). The number of benzene rings is 2. The zero-order valence-electron chi connectivity index (χ0n) is 15.1. The van der Waals surface area contributed by atoms with Gasteiger partial charge in [-0.1, -0.05) is 49.4 Å². The van der Waals surface area contributed by atoms with Crippen molar-refractivity contribution in [3.8, 4) is 5.75 Å². The second kappa shape index (κ2) is 10.2. The van der Waals surface area contributed by atoms with Gasteiger partial charge in [-0.3, -0.25) is 4.79 Å². The zero-order valence-corrected chi connectivity index (χ0v) is 15.9. The number of carbonyl (C=O) groups excluding carboxylic acids is 1. The largest absolute Gasteiger partial charge is 0.489 e. The molecule has 5 heteroatoms. The average Bonchev–Trinajstić information content (AvgIpc) is 3.46. The molecule has 2 N–H and O–H groups in total. The molecule has 0 aromatic heterocycles. The van der Waals surface area contributed by atoms with Gasteiger partial charge in [-0.15, -0.1) is 12.4 Å². The van der Waals surface area contributed by atoms with Crippen molar-refractivity contribution in [2.75, 3.05) is 19.6 Å². The number of rotatable bonds is 9. The normalized spacial score (nSPS) is 17.9. The van der Waals surface area contributed by atoms with E-state index in [1.807, 2.05) is 30.3 Å². The maximum atomic E-state index is 12.1. The molecular weight excluding hydrogens is 348 g/mol. The van der Waals surface area contributed by atoms with Gasteiger partial charge in [-0.25, -0.2) is 0 Å². The molecule has 140 valence electrons. The third-order valence-electron chi connectivity index (χ3n) is 4.53. The zero-order chi connectivity index (χ0) is 17.5. The topological polar surface area (TPSA) is 50.4 Å². The standard InChI is InChI=1S/C21H26N2O2.ClH/c1-2-22-12-13-23-21(24)20-14-19(20)17-8-10-18(11-9-17)25-15-16-6-4-3-5-7-16;/h3-11,19-20,22H,2,12-15H2,1H3,(H,23,24);1H. The molecule has 1 amide bonds. The fourth-order valence-corrected chi connectivity index (χ4v) is 2.99. The van der Waals surface area contributed by atoms with Crippen LogP contribution in [0.3, 0.4) is 0 Å². The molecule has 4 nitrogen and oxygen atoms in total. The van der Waals surface area contributed by atoms with Gasteiger partial charge in [0.15, 0.2) is 0 Å². The van der Waals surface area contributed by atoms with E-state index in [-0.39, 0.29) is 24.2 Å². The number of ether oxygens (including phenoxy) is 1. The Morgan fingerprint density at radius 1 is 1.08 bits per heavy atom. The quantitative estimate of drug-likeness (QED) is 0.660. The summed E-state index contributed by atoms with van der Waals surface area (Å²) in [6.07, 6.45) is 0.942. The van der Waals surface area contributed by atoms with E-state index < -0.39 is 0 Å². The second-order valence-electron chi connectivity index (χ2n) is 6.44. The monoisotopic (exact) mass is 374 g/mol. The number of likely N-dealkylation sites (N-methyl/N-ethyl adjacent to an activating group) is 1. The number of hydrogen-bond acceptors (Lipinski definition) is 3. The summed E-state index contributed by atoms with van der Waals surface area (Å²) in [5.41, 5.74) is 2.38. The summed E-state index contributed by atoms with van der Waals surface area (Å²) in [6.45, 7) is 5.09. The maximum Gasteiger partial charge on any atom is 0.223 e. The second-order valence-corrected chi connectivity index (χ2v) is 6.44. The Kier molecular flexibility index (Phi) is 7.95. The highest BCUT2D eigenvalue weighted by molar-refractivity contribution is 5.85. The third-order valence-corrected chi connectivity index (χ3v) is 4.53. The van der Waals surface area contributed by atoms with Crippen molar-refractivity contribution in [2.24, 2.45) is 5.92 Å². The molecule has 1 saturated carbocycles. The number of amides is 1. The van der Waals surface area contributed by atoms with Gasteiger partial charge < -0.3 is 15.4 Å². The summed E-state index contributed by atoms with van der Waals surface area (Å²) in [4.78, 5) is 12.1. The highest BCUT2D eigenvalue weighted by Crippen LogP contribution is 2.47. The molecule has 0 bridgehead atoms. The molecule has 2 aromatic carbocycles. The summed E-state index contributed by atoms with van der Waals surface area (Å²) >= 11 is 0. The fourth-order valence-electron chi connectivity index (χ4n) is 2.99. The van der Waals surface area contributed by atoms with Crippen molar-refractivity contribution in [2.45, 2.75) is 25.9 Å². The Bertz CT molecular complexity index is 676. The minimum absolute atomic E-state index is 0. The molecule has 2 aromatic rings. The summed E-state index contributed by atoms with van der Waals surface area (Å²) in [5.74, 6) is 1.51. The molecule has 0 saturated heterocycles. The first-order valence-corrected chi connectivity index (χ1v) is 9.03. The van der Waals surface area contributed by atoms with Crippen LogP contribution in [0, 0.1) is 5.92 Å². The van der Waals surface area contributed by atoms with Crippen LogP contribution >= 0.6 is 12.4 Å². The van der Waals surface area contributed by atoms with Gasteiger partial charge in [0.1, 0.15) is 12.4 Å². The van der Waals surface area contributed by atoms with Gasteiger partial charge in [0.05, 0.1) is 0 Å². The van der Waals surface area contributed by atoms with Crippen LogP contribution in [-0.2, 0) is 11.4 Å². The van der Waals surface area contributed by atoms with Gasteiger partial charge in [0.25, 0.3) is 0 Å². The lowest BCUT2D eigenvalue weighted by molar-refractivity contribution is -0.122. The van der Waals surface area contributed by atoms with Crippen LogP contribution in [0.15, 0.2) is 54.6 Å². The maximum absolute atomic E-state index is 12.1. The molecule has 1 aliphatic carbocycles. The molecule has 0 radical (unpaired) electrons. The summed E-state index contributed by atoms with van der Waals surface area (Å²) in [5, 5.41) is 6.21. The number of halogens is 1. The summed E-state index contributed by atoms with van der Waals surface area (Å²) in [7, 11) is 0. The van der Waals surface area contributed by atoms with Gasteiger partial charge in [-0.2, -0.15) is 0 Å². The minimum atomic E-state index is 0. The molecule has 26 heavy (non-hydrogen) atoms. The molecule has 1 fully saturated rings. The van der Waals surface area contributed by atoms with Gasteiger partial charge >= 0.3 is 0 Å². The summed E-state index contributed by atoms with van der Waals surface area (Å²) in [6, 6.07) is 18.3.